The minimum Gasteiger partial charge on any atom is -0.352 e. The highest BCUT2D eigenvalue weighted by molar-refractivity contribution is 9.10. The molecule has 2 heterocycles. The summed E-state index contributed by atoms with van der Waals surface area (Å²) in [4.78, 5) is 30.3. The monoisotopic (exact) mass is 483 g/mol. The van der Waals surface area contributed by atoms with E-state index < -0.39 is 6.04 Å². The van der Waals surface area contributed by atoms with Crippen LogP contribution in [0.1, 0.15) is 53.2 Å². The van der Waals surface area contributed by atoms with Gasteiger partial charge in [-0.25, -0.2) is 0 Å². The molecule has 0 bridgehead atoms. The quantitative estimate of drug-likeness (QED) is 0.665. The maximum atomic E-state index is 13.1. The summed E-state index contributed by atoms with van der Waals surface area (Å²) >= 11 is 3.41. The van der Waals surface area contributed by atoms with Crippen molar-refractivity contribution in [3.63, 3.8) is 0 Å². The van der Waals surface area contributed by atoms with E-state index in [0.29, 0.717) is 25.1 Å². The van der Waals surface area contributed by atoms with Crippen LogP contribution < -0.4 is 5.32 Å². The topological polar surface area (TPSA) is 52.7 Å². The van der Waals surface area contributed by atoms with Crippen LogP contribution >= 0.6 is 15.9 Å². The SMILES string of the molecule is Cc1ccc(C(CNC(=O)C2CCCN2C(=O)c2ccc(Br)cc2)N2CCCC2)cc1. The molecule has 0 aliphatic carbocycles. The van der Waals surface area contributed by atoms with Crippen LogP contribution in [0, 0.1) is 6.92 Å². The lowest BCUT2D eigenvalue weighted by atomic mass is 10.0. The number of carbonyl (C=O) groups is 2. The first-order valence-electron chi connectivity index (χ1n) is 11.2. The molecule has 2 fully saturated rings. The lowest BCUT2D eigenvalue weighted by molar-refractivity contribution is -0.125. The Kier molecular flexibility index (Phi) is 7.08. The highest BCUT2D eigenvalue weighted by atomic mass is 79.9. The van der Waals surface area contributed by atoms with E-state index in [1.165, 1.54) is 24.0 Å². The lowest BCUT2D eigenvalue weighted by Gasteiger charge is -2.30. The van der Waals surface area contributed by atoms with Crippen molar-refractivity contribution in [3.05, 3.63) is 69.7 Å². The molecular formula is C25H30BrN3O2. The van der Waals surface area contributed by atoms with Crippen LogP contribution in [0.15, 0.2) is 53.0 Å². The second-order valence-corrected chi connectivity index (χ2v) is 9.49. The third-order valence-corrected chi connectivity index (χ3v) is 6.95. The highest BCUT2D eigenvalue weighted by Gasteiger charge is 2.35. The Labute approximate surface area is 192 Å². The van der Waals surface area contributed by atoms with Gasteiger partial charge in [0, 0.05) is 23.1 Å². The molecule has 2 aromatic carbocycles. The molecule has 2 aliphatic rings. The van der Waals surface area contributed by atoms with Gasteiger partial charge in [0.1, 0.15) is 6.04 Å². The summed E-state index contributed by atoms with van der Waals surface area (Å²) in [6, 6.07) is 15.7. The second-order valence-electron chi connectivity index (χ2n) is 8.58. The number of hydrogen-bond donors (Lipinski definition) is 1. The number of likely N-dealkylation sites (tertiary alicyclic amines) is 2. The van der Waals surface area contributed by atoms with Gasteiger partial charge in [-0.1, -0.05) is 45.8 Å². The van der Waals surface area contributed by atoms with Crippen molar-refractivity contribution in [2.24, 2.45) is 0 Å². The molecule has 164 valence electrons. The molecule has 0 radical (unpaired) electrons. The second kappa shape index (κ2) is 9.96. The van der Waals surface area contributed by atoms with Gasteiger partial charge in [-0.15, -0.1) is 0 Å². The molecule has 31 heavy (non-hydrogen) atoms. The molecule has 2 amide bonds. The van der Waals surface area contributed by atoms with E-state index in [2.05, 4.69) is 57.3 Å². The van der Waals surface area contributed by atoms with Gasteiger partial charge < -0.3 is 10.2 Å². The van der Waals surface area contributed by atoms with Crippen molar-refractivity contribution in [1.29, 1.82) is 0 Å². The number of nitrogens with one attached hydrogen (secondary N) is 1. The van der Waals surface area contributed by atoms with Crippen LogP contribution in [-0.4, -0.2) is 53.8 Å². The lowest BCUT2D eigenvalue weighted by Crippen LogP contribution is -2.48. The van der Waals surface area contributed by atoms with Crippen molar-refractivity contribution < 1.29 is 9.59 Å². The Hall–Kier alpha value is -2.18. The number of hydrogen-bond acceptors (Lipinski definition) is 3. The van der Waals surface area contributed by atoms with E-state index >= 15 is 0 Å². The van der Waals surface area contributed by atoms with E-state index in [1.807, 2.05) is 12.1 Å². The predicted octanol–water partition coefficient (Wildman–Crippen LogP) is 4.32. The van der Waals surface area contributed by atoms with E-state index in [0.717, 1.165) is 24.0 Å². The Balaban J connectivity index is 1.43. The van der Waals surface area contributed by atoms with Crippen LogP contribution in [0.25, 0.3) is 0 Å². The number of nitrogens with zero attached hydrogens (tertiary/aromatic N) is 2. The Bertz CT molecular complexity index is 907. The molecule has 2 atom stereocenters. The summed E-state index contributed by atoms with van der Waals surface area (Å²) in [6.07, 6.45) is 3.98. The molecule has 2 saturated heterocycles. The minimum atomic E-state index is -0.395. The number of aryl methyl sites for hydroxylation is 1. The van der Waals surface area contributed by atoms with Crippen molar-refractivity contribution in [2.45, 2.75) is 44.7 Å². The minimum absolute atomic E-state index is 0.0423. The largest absolute Gasteiger partial charge is 0.352 e. The summed E-state index contributed by atoms with van der Waals surface area (Å²) in [5, 5.41) is 3.18. The number of rotatable bonds is 6. The maximum absolute atomic E-state index is 13.1. The third-order valence-electron chi connectivity index (χ3n) is 6.42. The van der Waals surface area contributed by atoms with E-state index in [9.17, 15) is 9.59 Å². The van der Waals surface area contributed by atoms with Crippen LogP contribution in [0.5, 0.6) is 0 Å². The fourth-order valence-corrected chi connectivity index (χ4v) is 4.92. The number of carbonyl (C=O) groups excluding carboxylic acids is 2. The smallest absolute Gasteiger partial charge is 0.254 e. The fourth-order valence-electron chi connectivity index (χ4n) is 4.66. The van der Waals surface area contributed by atoms with Crippen molar-refractivity contribution in [2.75, 3.05) is 26.2 Å². The van der Waals surface area contributed by atoms with Crippen LogP contribution in [0.3, 0.4) is 0 Å². The van der Waals surface area contributed by atoms with Crippen molar-refractivity contribution >= 4 is 27.7 Å². The molecule has 6 heteroatoms. The zero-order valence-corrected chi connectivity index (χ0v) is 19.6. The molecule has 2 aliphatic heterocycles. The zero-order chi connectivity index (χ0) is 21.8. The van der Waals surface area contributed by atoms with Gasteiger partial charge in [0.15, 0.2) is 0 Å². The molecule has 2 unspecified atom stereocenters. The Morgan fingerprint density at radius 2 is 1.68 bits per heavy atom. The summed E-state index contributed by atoms with van der Waals surface area (Å²) in [5.41, 5.74) is 3.10. The van der Waals surface area contributed by atoms with Crippen LogP contribution in [0.2, 0.25) is 0 Å². The summed E-state index contributed by atoms with van der Waals surface area (Å²) in [7, 11) is 0. The molecule has 4 rings (SSSR count). The number of halogens is 1. The normalized spacial score (nSPS) is 20.1. The molecular weight excluding hydrogens is 454 g/mol. The van der Waals surface area contributed by atoms with Gasteiger partial charge in [-0.05, 0) is 75.5 Å². The zero-order valence-electron chi connectivity index (χ0n) is 18.0. The number of benzene rings is 2. The van der Waals surface area contributed by atoms with Crippen LogP contribution in [0.4, 0.5) is 0 Å². The first kappa shape index (κ1) is 22.0. The summed E-state index contributed by atoms with van der Waals surface area (Å²) < 4.78 is 0.934. The highest BCUT2D eigenvalue weighted by Crippen LogP contribution is 2.26. The van der Waals surface area contributed by atoms with Gasteiger partial charge in [0.25, 0.3) is 5.91 Å². The van der Waals surface area contributed by atoms with Gasteiger partial charge >= 0.3 is 0 Å². The summed E-state index contributed by atoms with van der Waals surface area (Å²) in [5.74, 6) is -0.112. The van der Waals surface area contributed by atoms with Gasteiger partial charge in [0.2, 0.25) is 5.91 Å². The average molecular weight is 484 g/mol. The van der Waals surface area contributed by atoms with E-state index in [-0.39, 0.29) is 17.9 Å². The molecule has 0 spiro atoms. The standard InChI is InChI=1S/C25H30BrN3O2/c1-18-6-8-19(9-7-18)23(28-14-2-3-15-28)17-27-24(30)22-5-4-16-29(22)25(31)20-10-12-21(26)13-11-20/h6-13,22-23H,2-5,14-17H2,1H3,(H,27,30). The molecule has 0 saturated carbocycles. The first-order chi connectivity index (χ1) is 15.0. The number of amides is 2. The van der Waals surface area contributed by atoms with Gasteiger partial charge in [-0.3, -0.25) is 14.5 Å². The molecule has 0 aromatic heterocycles. The molecule has 5 nitrogen and oxygen atoms in total. The van der Waals surface area contributed by atoms with E-state index in [1.54, 1.807) is 17.0 Å². The Morgan fingerprint density at radius 3 is 2.35 bits per heavy atom. The van der Waals surface area contributed by atoms with E-state index in [4.69, 9.17) is 0 Å². The summed E-state index contributed by atoms with van der Waals surface area (Å²) in [6.45, 7) is 5.41. The predicted molar refractivity (Wildman–Crippen MR) is 126 cm³/mol. The van der Waals surface area contributed by atoms with Gasteiger partial charge in [0.05, 0.1) is 6.04 Å². The molecule has 2 aromatic rings. The first-order valence-corrected chi connectivity index (χ1v) is 12.0. The van der Waals surface area contributed by atoms with Crippen molar-refractivity contribution in [1.82, 2.24) is 15.1 Å². The third kappa shape index (κ3) is 5.18. The van der Waals surface area contributed by atoms with Gasteiger partial charge in [-0.2, -0.15) is 0 Å². The molecule has 1 N–H and O–H groups in total. The fraction of sp³-hybridized carbons (Fsp3) is 0.440. The average Bonchev–Trinajstić information content (AvgIpc) is 3.47. The van der Waals surface area contributed by atoms with Crippen molar-refractivity contribution in [3.8, 4) is 0 Å². The Morgan fingerprint density at radius 1 is 1.00 bits per heavy atom. The maximum Gasteiger partial charge on any atom is 0.254 e. The van der Waals surface area contributed by atoms with Crippen LogP contribution in [-0.2, 0) is 4.79 Å².